The molecular weight excluding hydrogens is 170 g/mol. The van der Waals surface area contributed by atoms with Crippen molar-refractivity contribution in [2.45, 2.75) is 13.3 Å². The Morgan fingerprint density at radius 2 is 2.33 bits per heavy atom. The van der Waals surface area contributed by atoms with Crippen LogP contribution in [-0.2, 0) is 0 Å². The second-order valence-corrected chi connectivity index (χ2v) is 3.03. The fraction of sp³-hybridized carbons (Fsp3) is 0.200. The fourth-order valence-corrected chi connectivity index (χ4v) is 1.05. The molecule has 0 amide bonds. The lowest BCUT2D eigenvalue weighted by Gasteiger charge is -2.06. The molecule has 1 nitrogen and oxygen atoms in total. The van der Waals surface area contributed by atoms with Gasteiger partial charge in [0, 0.05) is 16.4 Å². The molecule has 1 rings (SSSR count). The second kappa shape index (κ2) is 4.17. The highest BCUT2D eigenvalue weighted by molar-refractivity contribution is 6.30. The second-order valence-electron chi connectivity index (χ2n) is 2.59. The molecule has 0 unspecified atom stereocenters. The van der Waals surface area contributed by atoms with Crippen molar-refractivity contribution in [2.75, 3.05) is 5.32 Å². The van der Waals surface area contributed by atoms with Crippen LogP contribution in [0.5, 0.6) is 0 Å². The largest absolute Gasteiger partial charge is 0.359 e. The van der Waals surface area contributed by atoms with Crippen molar-refractivity contribution in [1.82, 2.24) is 0 Å². The predicted octanol–water partition coefficient (Wildman–Crippen LogP) is 3.68. The predicted molar refractivity (Wildman–Crippen MR) is 54.5 cm³/mol. The third-order valence-corrected chi connectivity index (χ3v) is 1.81. The number of hydrogen-bond acceptors (Lipinski definition) is 1. The molecule has 0 bridgehead atoms. The van der Waals surface area contributed by atoms with Crippen LogP contribution in [0.2, 0.25) is 5.02 Å². The first-order valence-corrected chi connectivity index (χ1v) is 4.30. The van der Waals surface area contributed by atoms with Gasteiger partial charge in [-0.25, -0.2) is 0 Å². The van der Waals surface area contributed by atoms with Gasteiger partial charge in [-0.1, -0.05) is 31.2 Å². The van der Waals surface area contributed by atoms with E-state index in [1.54, 1.807) is 0 Å². The number of benzene rings is 1. The van der Waals surface area contributed by atoms with Gasteiger partial charge in [0.05, 0.1) is 0 Å². The van der Waals surface area contributed by atoms with Crippen LogP contribution in [0.1, 0.15) is 13.3 Å². The topological polar surface area (TPSA) is 12.0 Å². The number of hydrogen-bond donors (Lipinski definition) is 1. The summed E-state index contributed by atoms with van der Waals surface area (Å²) >= 11 is 5.80. The lowest BCUT2D eigenvalue weighted by molar-refractivity contribution is 1.11. The van der Waals surface area contributed by atoms with Gasteiger partial charge in [-0.15, -0.1) is 0 Å². The van der Waals surface area contributed by atoms with Crippen LogP contribution in [0, 0.1) is 0 Å². The van der Waals surface area contributed by atoms with Crippen molar-refractivity contribution in [2.24, 2.45) is 0 Å². The van der Waals surface area contributed by atoms with Crippen LogP contribution in [0.25, 0.3) is 0 Å². The lowest BCUT2D eigenvalue weighted by atomic mass is 10.3. The van der Waals surface area contributed by atoms with E-state index in [0.29, 0.717) is 0 Å². The van der Waals surface area contributed by atoms with Crippen molar-refractivity contribution in [3.8, 4) is 0 Å². The van der Waals surface area contributed by atoms with Crippen LogP contribution in [0.4, 0.5) is 5.69 Å². The van der Waals surface area contributed by atoms with Crippen LogP contribution < -0.4 is 5.32 Å². The van der Waals surface area contributed by atoms with E-state index in [-0.39, 0.29) is 0 Å². The third-order valence-electron chi connectivity index (χ3n) is 1.57. The standard InChI is InChI=1S/C10H12ClN/c1-3-8(2)12-10-6-4-5-9(11)7-10/h4-7,12H,2-3H2,1H3. The van der Waals surface area contributed by atoms with Gasteiger partial charge in [-0.3, -0.25) is 0 Å². The molecule has 1 N–H and O–H groups in total. The first-order valence-electron chi connectivity index (χ1n) is 3.92. The minimum atomic E-state index is 0.740. The lowest BCUT2D eigenvalue weighted by Crippen LogP contribution is -1.95. The zero-order valence-corrected chi connectivity index (χ0v) is 7.86. The Labute approximate surface area is 78.1 Å². The van der Waals surface area contributed by atoms with Crippen molar-refractivity contribution < 1.29 is 0 Å². The first kappa shape index (κ1) is 9.14. The quantitative estimate of drug-likeness (QED) is 0.750. The normalized spacial score (nSPS) is 9.50. The molecule has 1 aromatic carbocycles. The Morgan fingerprint density at radius 1 is 1.58 bits per heavy atom. The van der Waals surface area contributed by atoms with E-state index in [0.717, 1.165) is 22.8 Å². The molecule has 0 aliphatic carbocycles. The average molecular weight is 182 g/mol. The minimum absolute atomic E-state index is 0.740. The van der Waals surface area contributed by atoms with Crippen LogP contribution in [0.3, 0.4) is 0 Å². The van der Waals surface area contributed by atoms with E-state index in [4.69, 9.17) is 11.6 Å². The Bertz CT molecular complexity index is 281. The van der Waals surface area contributed by atoms with Gasteiger partial charge in [-0.2, -0.15) is 0 Å². The van der Waals surface area contributed by atoms with Crippen molar-refractivity contribution in [1.29, 1.82) is 0 Å². The van der Waals surface area contributed by atoms with Gasteiger partial charge in [-0.05, 0) is 24.6 Å². The molecule has 12 heavy (non-hydrogen) atoms. The number of halogens is 1. The summed E-state index contributed by atoms with van der Waals surface area (Å²) in [7, 11) is 0. The summed E-state index contributed by atoms with van der Waals surface area (Å²) in [6.07, 6.45) is 0.923. The maximum Gasteiger partial charge on any atom is 0.0426 e. The molecule has 0 radical (unpaired) electrons. The van der Waals surface area contributed by atoms with Gasteiger partial charge in [0.15, 0.2) is 0 Å². The molecule has 64 valence electrons. The Balaban J connectivity index is 2.69. The maximum atomic E-state index is 5.80. The summed E-state index contributed by atoms with van der Waals surface area (Å²) in [5.74, 6) is 0. The van der Waals surface area contributed by atoms with Crippen LogP contribution in [-0.4, -0.2) is 0 Å². The summed E-state index contributed by atoms with van der Waals surface area (Å²) < 4.78 is 0. The fourth-order valence-electron chi connectivity index (χ4n) is 0.859. The SMILES string of the molecule is C=C(CC)Nc1cccc(Cl)c1. The van der Waals surface area contributed by atoms with Gasteiger partial charge in [0.25, 0.3) is 0 Å². The molecule has 2 heteroatoms. The molecule has 0 aliphatic heterocycles. The number of nitrogens with one attached hydrogen (secondary N) is 1. The number of anilines is 1. The molecule has 0 atom stereocenters. The number of allylic oxidation sites excluding steroid dienone is 1. The molecule has 0 aromatic heterocycles. The van der Waals surface area contributed by atoms with Gasteiger partial charge < -0.3 is 5.32 Å². The van der Waals surface area contributed by atoms with Crippen LogP contribution >= 0.6 is 11.6 Å². The molecule has 0 heterocycles. The zero-order chi connectivity index (χ0) is 8.97. The highest BCUT2D eigenvalue weighted by atomic mass is 35.5. The van der Waals surface area contributed by atoms with E-state index in [1.807, 2.05) is 24.3 Å². The van der Waals surface area contributed by atoms with E-state index >= 15 is 0 Å². The van der Waals surface area contributed by atoms with Gasteiger partial charge in [0.1, 0.15) is 0 Å². The third kappa shape index (κ3) is 2.59. The van der Waals surface area contributed by atoms with Crippen molar-refractivity contribution >= 4 is 17.3 Å². The molecule has 0 saturated carbocycles. The average Bonchev–Trinajstić information content (AvgIpc) is 2.04. The van der Waals surface area contributed by atoms with E-state index in [1.165, 1.54) is 0 Å². The Morgan fingerprint density at radius 3 is 2.92 bits per heavy atom. The number of rotatable bonds is 3. The molecular formula is C10H12ClN. The summed E-state index contributed by atoms with van der Waals surface area (Å²) in [5, 5.41) is 3.89. The summed E-state index contributed by atoms with van der Waals surface area (Å²) in [6, 6.07) is 7.60. The first-order chi connectivity index (χ1) is 5.72. The maximum absolute atomic E-state index is 5.80. The van der Waals surface area contributed by atoms with Crippen molar-refractivity contribution in [3.05, 3.63) is 41.6 Å². The molecule has 0 fully saturated rings. The van der Waals surface area contributed by atoms with Gasteiger partial charge in [0.2, 0.25) is 0 Å². The monoisotopic (exact) mass is 181 g/mol. The van der Waals surface area contributed by atoms with E-state index in [9.17, 15) is 0 Å². The highest BCUT2D eigenvalue weighted by Gasteiger charge is 1.93. The minimum Gasteiger partial charge on any atom is -0.359 e. The van der Waals surface area contributed by atoms with E-state index < -0.39 is 0 Å². The highest BCUT2D eigenvalue weighted by Crippen LogP contribution is 2.16. The molecule has 1 aromatic rings. The smallest absolute Gasteiger partial charge is 0.0426 e. The van der Waals surface area contributed by atoms with E-state index in [2.05, 4.69) is 18.8 Å². The van der Waals surface area contributed by atoms with Crippen LogP contribution in [0.15, 0.2) is 36.5 Å². The molecule has 0 saturated heterocycles. The van der Waals surface area contributed by atoms with Gasteiger partial charge >= 0.3 is 0 Å². The Hall–Kier alpha value is -0.950. The summed E-state index contributed by atoms with van der Waals surface area (Å²) in [6.45, 7) is 5.90. The molecule has 0 spiro atoms. The summed E-state index contributed by atoms with van der Waals surface area (Å²) in [4.78, 5) is 0. The molecule has 0 aliphatic rings. The Kier molecular flexibility index (Phi) is 3.18. The summed E-state index contributed by atoms with van der Waals surface area (Å²) in [5.41, 5.74) is 1.99. The van der Waals surface area contributed by atoms with Crippen molar-refractivity contribution in [3.63, 3.8) is 0 Å². The zero-order valence-electron chi connectivity index (χ0n) is 7.10.